The van der Waals surface area contributed by atoms with Gasteiger partial charge in [0.25, 0.3) is 0 Å². The molecule has 2 aliphatic rings. The van der Waals surface area contributed by atoms with Crippen LogP contribution in [0.25, 0.3) is 0 Å². The molecule has 1 aliphatic heterocycles. The number of carbonyl (C=O) groups is 1. The van der Waals surface area contributed by atoms with Crippen molar-refractivity contribution in [3.05, 3.63) is 93.5 Å². The molecule has 0 bridgehead atoms. The van der Waals surface area contributed by atoms with E-state index in [1.54, 1.807) is 17.8 Å². The predicted octanol–water partition coefficient (Wildman–Crippen LogP) is 6.77. The topological polar surface area (TPSA) is 29.4 Å². The Morgan fingerprint density at radius 1 is 0.852 bits per heavy atom. The Hall–Kier alpha value is -2.07. The maximum Gasteiger partial charge on any atom is 0.174 e. The molecule has 132 valence electrons. The van der Waals surface area contributed by atoms with Gasteiger partial charge in [0.15, 0.2) is 5.78 Å². The van der Waals surface area contributed by atoms with Gasteiger partial charge < -0.3 is 0 Å². The molecule has 0 N–H and O–H groups in total. The molecule has 0 aromatic heterocycles. The van der Waals surface area contributed by atoms with Crippen molar-refractivity contribution in [1.82, 2.24) is 0 Å². The number of Topliss-reactive ketones (excluding diaryl/α,β-unsaturated/α-hetero) is 1. The van der Waals surface area contributed by atoms with Crippen LogP contribution in [0.15, 0.2) is 76.6 Å². The average Bonchev–Trinajstić information content (AvgIpc) is 2.85. The molecule has 5 heteroatoms. The summed E-state index contributed by atoms with van der Waals surface area (Å²) in [6.07, 6.45) is 0. The van der Waals surface area contributed by atoms with E-state index in [9.17, 15) is 4.79 Å². The van der Waals surface area contributed by atoms with E-state index >= 15 is 0 Å². The van der Waals surface area contributed by atoms with Crippen molar-refractivity contribution < 1.29 is 4.79 Å². The Bertz CT molecular complexity index is 1120. The number of para-hydroxylation sites is 1. The van der Waals surface area contributed by atoms with Crippen LogP contribution in [0, 0.1) is 5.92 Å². The first-order chi connectivity index (χ1) is 13.1. The highest BCUT2D eigenvalue weighted by molar-refractivity contribution is 7.99. The minimum atomic E-state index is -0.350. The molecule has 27 heavy (non-hydrogen) atoms. The van der Waals surface area contributed by atoms with E-state index in [1.807, 2.05) is 60.7 Å². The number of halogens is 2. The van der Waals surface area contributed by atoms with Crippen LogP contribution in [0.1, 0.15) is 26.7 Å². The second kappa shape index (κ2) is 6.52. The summed E-state index contributed by atoms with van der Waals surface area (Å²) in [5.74, 6) is -0.238. The number of nitrogens with zero attached hydrogens (tertiary/aromatic N) is 1. The Kier molecular flexibility index (Phi) is 4.12. The van der Waals surface area contributed by atoms with Gasteiger partial charge in [0, 0.05) is 16.0 Å². The number of aliphatic imine (C=N–C) groups is 1. The van der Waals surface area contributed by atoms with Crippen LogP contribution in [0.3, 0.4) is 0 Å². The van der Waals surface area contributed by atoms with Crippen molar-refractivity contribution in [2.45, 2.75) is 10.1 Å². The summed E-state index contributed by atoms with van der Waals surface area (Å²) in [5.41, 5.74) is 4.38. The monoisotopic (exact) mass is 409 g/mol. The summed E-state index contributed by atoms with van der Waals surface area (Å²) >= 11 is 14.1. The first kappa shape index (κ1) is 17.1. The first-order valence-corrected chi connectivity index (χ1v) is 10.2. The molecule has 2 nitrogen and oxygen atoms in total. The maximum atomic E-state index is 13.3. The van der Waals surface area contributed by atoms with Crippen LogP contribution in [0.5, 0.6) is 0 Å². The third kappa shape index (κ3) is 2.73. The van der Waals surface area contributed by atoms with Gasteiger partial charge in [-0.2, -0.15) is 0 Å². The highest BCUT2D eigenvalue weighted by Gasteiger charge is 2.44. The van der Waals surface area contributed by atoms with Gasteiger partial charge in [-0.05, 0) is 29.8 Å². The van der Waals surface area contributed by atoms with E-state index in [1.165, 1.54) is 0 Å². The molecule has 2 atom stereocenters. The summed E-state index contributed by atoms with van der Waals surface area (Å²) in [4.78, 5) is 19.3. The van der Waals surface area contributed by atoms with Crippen LogP contribution in [0.2, 0.25) is 10.0 Å². The molecule has 1 aliphatic carbocycles. The summed E-state index contributed by atoms with van der Waals surface area (Å²) in [7, 11) is 0. The molecule has 0 amide bonds. The molecular formula is C22H13Cl2NOS. The van der Waals surface area contributed by atoms with Crippen LogP contribution in [-0.2, 0) is 0 Å². The molecule has 0 fully saturated rings. The van der Waals surface area contributed by atoms with Gasteiger partial charge in [-0.3, -0.25) is 9.79 Å². The largest absolute Gasteiger partial charge is 0.293 e. The zero-order valence-corrected chi connectivity index (χ0v) is 16.4. The Labute approximate surface area is 171 Å². The summed E-state index contributed by atoms with van der Waals surface area (Å²) in [5, 5.41) is 0.880. The molecule has 0 radical (unpaired) electrons. The van der Waals surface area contributed by atoms with Gasteiger partial charge in [-0.25, -0.2) is 0 Å². The second-order valence-electron chi connectivity index (χ2n) is 6.56. The van der Waals surface area contributed by atoms with Crippen LogP contribution < -0.4 is 0 Å². The number of carbonyl (C=O) groups excluding carboxylic acids is 1. The van der Waals surface area contributed by atoms with Gasteiger partial charge in [0.05, 0.1) is 32.6 Å². The van der Waals surface area contributed by atoms with Gasteiger partial charge in [0.2, 0.25) is 0 Å². The zero-order valence-electron chi connectivity index (χ0n) is 14.0. The second-order valence-corrected chi connectivity index (χ2v) is 8.56. The standard InChI is InChI=1S/C22H13Cl2NOS/c23-15-10-9-12(11-16(15)24)22-19-20(13-5-1-2-6-14(13)21(19)26)25-17-7-3-4-8-18(17)27-22/h1-11,19,22H/t19-,22+/m1/s1. The van der Waals surface area contributed by atoms with E-state index in [4.69, 9.17) is 28.2 Å². The summed E-state index contributed by atoms with van der Waals surface area (Å²) < 4.78 is 0. The van der Waals surface area contributed by atoms with E-state index in [-0.39, 0.29) is 17.0 Å². The smallest absolute Gasteiger partial charge is 0.174 e. The van der Waals surface area contributed by atoms with Crippen LogP contribution in [-0.4, -0.2) is 11.5 Å². The van der Waals surface area contributed by atoms with Crippen molar-refractivity contribution >= 4 is 52.1 Å². The highest BCUT2D eigenvalue weighted by atomic mass is 35.5. The third-order valence-electron chi connectivity index (χ3n) is 4.98. The molecule has 3 aromatic rings. The van der Waals surface area contributed by atoms with Crippen molar-refractivity contribution in [3.8, 4) is 0 Å². The average molecular weight is 410 g/mol. The van der Waals surface area contributed by atoms with E-state index in [0.717, 1.165) is 33.0 Å². The molecule has 3 aromatic carbocycles. The first-order valence-electron chi connectivity index (χ1n) is 8.56. The van der Waals surface area contributed by atoms with Crippen molar-refractivity contribution in [2.75, 3.05) is 0 Å². The Morgan fingerprint density at radius 3 is 2.41 bits per heavy atom. The Balaban J connectivity index is 1.75. The SMILES string of the molecule is O=C1c2ccccc2C2=Nc3ccccc3S[C@@H](c3ccc(Cl)c(Cl)c3)[C@@H]12. The lowest BCUT2D eigenvalue weighted by molar-refractivity contribution is 0.0960. The number of hydrogen-bond donors (Lipinski definition) is 0. The molecule has 0 saturated heterocycles. The fourth-order valence-corrected chi connectivity index (χ4v) is 5.37. The minimum absolute atomic E-state index is 0.112. The van der Waals surface area contributed by atoms with Gasteiger partial charge in [0.1, 0.15) is 0 Å². The quantitative estimate of drug-likeness (QED) is 0.443. The third-order valence-corrected chi connectivity index (χ3v) is 7.12. The number of fused-ring (bicyclic) bond motifs is 4. The van der Waals surface area contributed by atoms with Gasteiger partial charge in [-0.1, -0.05) is 65.7 Å². The van der Waals surface area contributed by atoms with E-state index in [0.29, 0.717) is 10.0 Å². The lowest BCUT2D eigenvalue weighted by Gasteiger charge is -2.22. The highest BCUT2D eigenvalue weighted by Crippen LogP contribution is 2.51. The molecule has 0 spiro atoms. The van der Waals surface area contributed by atoms with Crippen molar-refractivity contribution in [1.29, 1.82) is 0 Å². The lowest BCUT2D eigenvalue weighted by atomic mass is 9.93. The fraction of sp³-hybridized carbons (Fsp3) is 0.0909. The zero-order chi connectivity index (χ0) is 18.5. The predicted molar refractivity (Wildman–Crippen MR) is 112 cm³/mol. The molecular weight excluding hydrogens is 397 g/mol. The summed E-state index contributed by atoms with van der Waals surface area (Å²) in [6, 6.07) is 21.3. The molecule has 0 unspecified atom stereocenters. The normalized spacial score (nSPS) is 20.4. The van der Waals surface area contributed by atoms with E-state index in [2.05, 4.69) is 0 Å². The fourth-order valence-electron chi connectivity index (χ4n) is 3.72. The van der Waals surface area contributed by atoms with Crippen LogP contribution >= 0.6 is 35.0 Å². The van der Waals surface area contributed by atoms with Gasteiger partial charge >= 0.3 is 0 Å². The molecule has 0 saturated carbocycles. The maximum absolute atomic E-state index is 13.3. The number of ketones is 1. The Morgan fingerprint density at radius 2 is 1.59 bits per heavy atom. The minimum Gasteiger partial charge on any atom is -0.293 e. The van der Waals surface area contributed by atoms with Crippen molar-refractivity contribution in [3.63, 3.8) is 0 Å². The number of hydrogen-bond acceptors (Lipinski definition) is 3. The number of benzene rings is 3. The molecule has 5 rings (SSSR count). The summed E-state index contributed by atoms with van der Waals surface area (Å²) in [6.45, 7) is 0. The number of thioether (sulfide) groups is 1. The van der Waals surface area contributed by atoms with Crippen molar-refractivity contribution in [2.24, 2.45) is 10.9 Å². The lowest BCUT2D eigenvalue weighted by Crippen LogP contribution is -2.22. The van der Waals surface area contributed by atoms with E-state index < -0.39 is 0 Å². The number of rotatable bonds is 1. The van der Waals surface area contributed by atoms with Crippen LogP contribution in [0.4, 0.5) is 5.69 Å². The molecule has 1 heterocycles. The van der Waals surface area contributed by atoms with Gasteiger partial charge in [-0.15, -0.1) is 11.8 Å².